The molecule has 2 nitrogen and oxygen atoms in total. The molecule has 0 N–H and O–H groups in total. The fourth-order valence-electron chi connectivity index (χ4n) is 3.10. The lowest BCUT2D eigenvalue weighted by Crippen LogP contribution is -2.23. The van der Waals surface area contributed by atoms with Gasteiger partial charge in [-0.15, -0.1) is 23.5 Å². The molecule has 2 aliphatic rings. The van der Waals surface area contributed by atoms with Gasteiger partial charge in [-0.3, -0.25) is 0 Å². The van der Waals surface area contributed by atoms with Crippen molar-refractivity contribution in [2.45, 2.75) is 4.08 Å². The Labute approximate surface area is 129 Å². The van der Waals surface area contributed by atoms with Gasteiger partial charge in [0.2, 0.25) is 0 Å². The van der Waals surface area contributed by atoms with Crippen molar-refractivity contribution in [1.29, 1.82) is 0 Å². The molecule has 0 aromatic heterocycles. The minimum absolute atomic E-state index is 0.148. The predicted octanol–water partition coefficient (Wildman–Crippen LogP) is 2.85. The van der Waals surface area contributed by atoms with Crippen LogP contribution in [0.25, 0.3) is 11.1 Å². The zero-order valence-corrected chi connectivity index (χ0v) is 12.5. The minimum Gasteiger partial charge on any atom is -0.545 e. The van der Waals surface area contributed by atoms with E-state index >= 15 is 0 Å². The third kappa shape index (κ3) is 1.71. The predicted molar refractivity (Wildman–Crippen MR) is 81.9 cm³/mol. The van der Waals surface area contributed by atoms with Gasteiger partial charge in [-0.1, -0.05) is 24.3 Å². The van der Waals surface area contributed by atoms with Gasteiger partial charge in [-0.05, 0) is 34.4 Å². The van der Waals surface area contributed by atoms with Gasteiger partial charge in [-0.25, -0.2) is 4.39 Å². The molecular formula is C16H10FO2S2-. The Morgan fingerprint density at radius 1 is 1.14 bits per heavy atom. The summed E-state index contributed by atoms with van der Waals surface area (Å²) in [4.78, 5) is 11.1. The minimum atomic E-state index is -1.20. The third-order valence-electron chi connectivity index (χ3n) is 3.94. The van der Waals surface area contributed by atoms with Crippen molar-refractivity contribution in [1.82, 2.24) is 0 Å². The molecule has 0 radical (unpaired) electrons. The quantitative estimate of drug-likeness (QED) is 0.811. The summed E-state index contributed by atoms with van der Waals surface area (Å²) >= 11 is 3.50. The summed E-state index contributed by atoms with van der Waals surface area (Å²) in [7, 11) is 0. The highest BCUT2D eigenvalue weighted by Gasteiger charge is 2.47. The molecule has 1 spiro atoms. The van der Waals surface area contributed by atoms with Crippen LogP contribution in [0.15, 0.2) is 36.4 Å². The number of aromatic carboxylic acids is 1. The molecule has 5 heteroatoms. The van der Waals surface area contributed by atoms with E-state index in [0.29, 0.717) is 5.56 Å². The summed E-state index contributed by atoms with van der Waals surface area (Å²) in [5, 5.41) is 11.1. The third-order valence-corrected chi connectivity index (χ3v) is 7.42. The Bertz CT molecular complexity index is 767. The molecule has 0 saturated carbocycles. The van der Waals surface area contributed by atoms with E-state index < -0.39 is 5.97 Å². The van der Waals surface area contributed by atoms with Crippen LogP contribution in [0.4, 0.5) is 4.39 Å². The standard InChI is InChI=1S/C16H11FO2S2/c17-13-3-1-2-11-14(13)10-5-4-9(15(18)19)8-12(10)16(11)20-6-7-21-16/h1-5,8H,6-7H2,(H,18,19)/p-1. The number of hydrogen-bond acceptors (Lipinski definition) is 4. The summed E-state index contributed by atoms with van der Waals surface area (Å²) in [6.45, 7) is 0. The molecule has 106 valence electrons. The van der Waals surface area contributed by atoms with E-state index in [2.05, 4.69) is 0 Å². The van der Waals surface area contributed by atoms with Crippen LogP contribution in [0.1, 0.15) is 21.5 Å². The molecule has 4 rings (SSSR count). The lowest BCUT2D eigenvalue weighted by molar-refractivity contribution is -0.255. The average molecular weight is 317 g/mol. The van der Waals surface area contributed by atoms with Crippen LogP contribution in [0.5, 0.6) is 0 Å². The maximum Gasteiger partial charge on any atom is 0.131 e. The van der Waals surface area contributed by atoms with Gasteiger partial charge < -0.3 is 9.90 Å². The van der Waals surface area contributed by atoms with Gasteiger partial charge in [0.05, 0.1) is 5.97 Å². The van der Waals surface area contributed by atoms with Crippen LogP contribution < -0.4 is 5.11 Å². The van der Waals surface area contributed by atoms with Crippen LogP contribution in [-0.4, -0.2) is 17.5 Å². The van der Waals surface area contributed by atoms with E-state index in [0.717, 1.165) is 28.2 Å². The van der Waals surface area contributed by atoms with Crippen LogP contribution in [0, 0.1) is 5.82 Å². The Balaban J connectivity index is 2.06. The largest absolute Gasteiger partial charge is 0.545 e. The van der Waals surface area contributed by atoms with Gasteiger partial charge >= 0.3 is 0 Å². The lowest BCUT2D eigenvalue weighted by atomic mass is 10.0. The molecule has 0 atom stereocenters. The van der Waals surface area contributed by atoms with Gasteiger partial charge in [-0.2, -0.15) is 0 Å². The summed E-state index contributed by atoms with van der Waals surface area (Å²) in [5.74, 6) is 0.489. The van der Waals surface area contributed by atoms with Crippen LogP contribution in [0.3, 0.4) is 0 Å². The van der Waals surface area contributed by atoms with Crippen molar-refractivity contribution in [3.8, 4) is 11.1 Å². The van der Waals surface area contributed by atoms with E-state index in [1.165, 1.54) is 12.1 Å². The molecule has 1 heterocycles. The van der Waals surface area contributed by atoms with Crippen molar-refractivity contribution in [2.75, 3.05) is 11.5 Å². The van der Waals surface area contributed by atoms with Gasteiger partial charge in [0.15, 0.2) is 0 Å². The highest BCUT2D eigenvalue weighted by Crippen LogP contribution is 2.64. The highest BCUT2D eigenvalue weighted by molar-refractivity contribution is 8.20. The van der Waals surface area contributed by atoms with E-state index in [-0.39, 0.29) is 15.5 Å². The van der Waals surface area contributed by atoms with Gasteiger partial charge in [0.25, 0.3) is 0 Å². The van der Waals surface area contributed by atoms with E-state index in [9.17, 15) is 14.3 Å². The molecule has 2 aromatic rings. The number of thioether (sulfide) groups is 2. The first-order valence-electron chi connectivity index (χ1n) is 6.56. The number of hydrogen-bond donors (Lipinski definition) is 0. The fourth-order valence-corrected chi connectivity index (χ4v) is 6.48. The Hall–Kier alpha value is -1.46. The molecule has 1 aliphatic heterocycles. The SMILES string of the molecule is O=C([O-])c1ccc2c(c1)C1(SCCS1)c1cccc(F)c1-2. The summed E-state index contributed by atoms with van der Waals surface area (Å²) in [6.07, 6.45) is 0. The topological polar surface area (TPSA) is 40.1 Å². The van der Waals surface area contributed by atoms with Crippen molar-refractivity contribution in [3.05, 3.63) is 58.9 Å². The number of halogens is 1. The zero-order valence-electron chi connectivity index (χ0n) is 10.9. The number of carboxylic acid groups (broad SMARTS) is 1. The Morgan fingerprint density at radius 2 is 1.90 bits per heavy atom. The molecule has 0 amide bonds. The summed E-state index contributed by atoms with van der Waals surface area (Å²) < 4.78 is 13.9. The van der Waals surface area contributed by atoms with Crippen LogP contribution >= 0.6 is 23.5 Å². The zero-order chi connectivity index (χ0) is 14.6. The van der Waals surface area contributed by atoms with Gasteiger partial charge in [0.1, 0.15) is 9.90 Å². The lowest BCUT2D eigenvalue weighted by Gasteiger charge is -2.25. The van der Waals surface area contributed by atoms with E-state index in [4.69, 9.17) is 0 Å². The van der Waals surface area contributed by atoms with Crippen LogP contribution in [0.2, 0.25) is 0 Å². The van der Waals surface area contributed by atoms with E-state index in [1.54, 1.807) is 41.7 Å². The first-order chi connectivity index (χ1) is 10.1. The molecule has 21 heavy (non-hydrogen) atoms. The second-order valence-corrected chi connectivity index (χ2v) is 7.90. The molecule has 1 saturated heterocycles. The number of carboxylic acids is 1. The van der Waals surface area contributed by atoms with Crippen molar-refractivity contribution in [2.24, 2.45) is 0 Å². The van der Waals surface area contributed by atoms with E-state index in [1.807, 2.05) is 6.07 Å². The molecule has 2 aromatic carbocycles. The summed E-state index contributed by atoms with van der Waals surface area (Å²) in [6, 6.07) is 9.97. The molecule has 1 fully saturated rings. The number of benzene rings is 2. The highest BCUT2D eigenvalue weighted by atomic mass is 32.2. The van der Waals surface area contributed by atoms with Gasteiger partial charge in [0, 0.05) is 17.1 Å². The number of fused-ring (bicyclic) bond motifs is 5. The van der Waals surface area contributed by atoms with Crippen LogP contribution in [-0.2, 0) is 4.08 Å². The maximum absolute atomic E-state index is 14.3. The fraction of sp³-hybridized carbons (Fsp3) is 0.188. The molecule has 0 bridgehead atoms. The Morgan fingerprint density at radius 3 is 2.62 bits per heavy atom. The smallest absolute Gasteiger partial charge is 0.131 e. The molecule has 0 unspecified atom stereocenters. The second-order valence-electron chi connectivity index (χ2n) is 5.02. The number of carbonyl (C=O) groups is 1. The maximum atomic E-state index is 14.3. The van der Waals surface area contributed by atoms with Crippen molar-refractivity contribution in [3.63, 3.8) is 0 Å². The Kier molecular flexibility index (Phi) is 2.84. The van der Waals surface area contributed by atoms with Crippen molar-refractivity contribution < 1.29 is 14.3 Å². The van der Waals surface area contributed by atoms with Crippen molar-refractivity contribution >= 4 is 29.5 Å². The molecule has 1 aliphatic carbocycles. The first kappa shape index (κ1) is 13.2. The number of rotatable bonds is 1. The average Bonchev–Trinajstić information content (AvgIpc) is 3.06. The summed E-state index contributed by atoms with van der Waals surface area (Å²) in [5.41, 5.74) is 3.39. The number of carbonyl (C=O) groups excluding carboxylic acids is 1. The monoisotopic (exact) mass is 317 g/mol. The normalized spacial score (nSPS) is 17.8. The second kappa shape index (κ2) is 4.52. The first-order valence-corrected chi connectivity index (χ1v) is 8.54. The molecular weight excluding hydrogens is 307 g/mol.